The predicted octanol–water partition coefficient (Wildman–Crippen LogP) is 0.310. The SMILES string of the molecule is CCOCc1conc1C(N)=O. The van der Waals surface area contributed by atoms with Crippen LogP contribution in [0.2, 0.25) is 0 Å². The highest BCUT2D eigenvalue weighted by Crippen LogP contribution is 2.06. The van der Waals surface area contributed by atoms with E-state index < -0.39 is 5.91 Å². The lowest BCUT2D eigenvalue weighted by Crippen LogP contribution is -2.14. The molecule has 0 bridgehead atoms. The van der Waals surface area contributed by atoms with E-state index in [2.05, 4.69) is 9.68 Å². The molecule has 0 radical (unpaired) electrons. The van der Waals surface area contributed by atoms with E-state index in [1.807, 2.05) is 6.92 Å². The summed E-state index contributed by atoms with van der Waals surface area (Å²) in [6, 6.07) is 0. The van der Waals surface area contributed by atoms with Crippen molar-refractivity contribution in [3.8, 4) is 0 Å². The molecule has 1 aromatic rings. The largest absolute Gasteiger partial charge is 0.377 e. The highest BCUT2D eigenvalue weighted by atomic mass is 16.5. The molecule has 0 atom stereocenters. The van der Waals surface area contributed by atoms with E-state index >= 15 is 0 Å². The van der Waals surface area contributed by atoms with E-state index in [-0.39, 0.29) is 5.69 Å². The van der Waals surface area contributed by atoms with Gasteiger partial charge in [-0.15, -0.1) is 0 Å². The third-order valence-corrected chi connectivity index (χ3v) is 1.34. The number of hydrogen-bond acceptors (Lipinski definition) is 4. The molecule has 12 heavy (non-hydrogen) atoms. The van der Waals surface area contributed by atoms with Gasteiger partial charge in [0.25, 0.3) is 5.91 Å². The number of nitrogens with zero attached hydrogens (tertiary/aromatic N) is 1. The lowest BCUT2D eigenvalue weighted by atomic mass is 10.2. The molecule has 0 aromatic carbocycles. The zero-order valence-electron chi connectivity index (χ0n) is 6.74. The van der Waals surface area contributed by atoms with Gasteiger partial charge in [-0.2, -0.15) is 0 Å². The number of primary amides is 1. The van der Waals surface area contributed by atoms with Gasteiger partial charge in [0, 0.05) is 6.61 Å². The first kappa shape index (κ1) is 8.73. The summed E-state index contributed by atoms with van der Waals surface area (Å²) in [5.41, 5.74) is 5.74. The van der Waals surface area contributed by atoms with Crippen LogP contribution in [-0.4, -0.2) is 17.7 Å². The summed E-state index contributed by atoms with van der Waals surface area (Å²) < 4.78 is 9.63. The fourth-order valence-electron chi connectivity index (χ4n) is 0.775. The van der Waals surface area contributed by atoms with Crippen LogP contribution in [-0.2, 0) is 11.3 Å². The van der Waals surface area contributed by atoms with Crippen molar-refractivity contribution in [1.82, 2.24) is 5.16 Å². The maximum absolute atomic E-state index is 10.7. The third kappa shape index (κ3) is 1.82. The van der Waals surface area contributed by atoms with Gasteiger partial charge in [0.05, 0.1) is 12.2 Å². The van der Waals surface area contributed by atoms with Gasteiger partial charge < -0.3 is 15.0 Å². The monoisotopic (exact) mass is 170 g/mol. The first-order valence-corrected chi connectivity index (χ1v) is 3.56. The number of carbonyl (C=O) groups is 1. The van der Waals surface area contributed by atoms with Crippen LogP contribution >= 0.6 is 0 Å². The van der Waals surface area contributed by atoms with Crippen LogP contribution < -0.4 is 5.73 Å². The minimum Gasteiger partial charge on any atom is -0.377 e. The predicted molar refractivity (Wildman–Crippen MR) is 40.4 cm³/mol. The van der Waals surface area contributed by atoms with Crippen molar-refractivity contribution in [3.05, 3.63) is 17.5 Å². The smallest absolute Gasteiger partial charge is 0.271 e. The lowest BCUT2D eigenvalue weighted by molar-refractivity contribution is 0.0982. The van der Waals surface area contributed by atoms with Crippen LogP contribution in [0.25, 0.3) is 0 Å². The summed E-state index contributed by atoms with van der Waals surface area (Å²) in [7, 11) is 0. The van der Waals surface area contributed by atoms with Crippen LogP contribution in [0.15, 0.2) is 10.8 Å². The normalized spacial score (nSPS) is 10.1. The molecule has 5 nitrogen and oxygen atoms in total. The number of rotatable bonds is 4. The third-order valence-electron chi connectivity index (χ3n) is 1.34. The molecule has 1 aromatic heterocycles. The van der Waals surface area contributed by atoms with Crippen LogP contribution in [0.1, 0.15) is 23.0 Å². The molecule has 2 N–H and O–H groups in total. The second kappa shape index (κ2) is 3.87. The Labute approximate surface area is 69.5 Å². The molecule has 1 rings (SSSR count). The van der Waals surface area contributed by atoms with Crippen LogP contribution in [0.4, 0.5) is 0 Å². The maximum atomic E-state index is 10.7. The van der Waals surface area contributed by atoms with Crippen LogP contribution in [0.3, 0.4) is 0 Å². The number of aromatic nitrogens is 1. The Balaban J connectivity index is 2.70. The zero-order valence-corrected chi connectivity index (χ0v) is 6.74. The highest BCUT2D eigenvalue weighted by molar-refractivity contribution is 5.91. The quantitative estimate of drug-likeness (QED) is 0.705. The van der Waals surface area contributed by atoms with Gasteiger partial charge in [-0.1, -0.05) is 5.16 Å². The molecule has 5 heteroatoms. The molecule has 1 heterocycles. The van der Waals surface area contributed by atoms with Crippen molar-refractivity contribution in [3.63, 3.8) is 0 Å². The van der Waals surface area contributed by atoms with Gasteiger partial charge in [0.1, 0.15) is 6.26 Å². The number of nitrogens with two attached hydrogens (primary N) is 1. The van der Waals surface area contributed by atoms with Crippen LogP contribution in [0, 0.1) is 0 Å². The van der Waals surface area contributed by atoms with Crippen molar-refractivity contribution in [2.75, 3.05) is 6.61 Å². The highest BCUT2D eigenvalue weighted by Gasteiger charge is 2.12. The first-order chi connectivity index (χ1) is 5.75. The molecule has 0 spiro atoms. The van der Waals surface area contributed by atoms with Gasteiger partial charge in [-0.25, -0.2) is 0 Å². The molecule has 0 aliphatic heterocycles. The molecule has 0 saturated heterocycles. The van der Waals surface area contributed by atoms with E-state index in [0.29, 0.717) is 18.8 Å². The maximum Gasteiger partial charge on any atom is 0.271 e. The topological polar surface area (TPSA) is 78.3 Å². The Morgan fingerprint density at radius 2 is 2.58 bits per heavy atom. The van der Waals surface area contributed by atoms with E-state index in [0.717, 1.165) is 0 Å². The summed E-state index contributed by atoms with van der Waals surface area (Å²) in [5, 5.41) is 3.44. The molecule has 0 saturated carbocycles. The number of hydrogen-bond donors (Lipinski definition) is 1. The van der Waals surface area contributed by atoms with Crippen molar-refractivity contribution in [2.45, 2.75) is 13.5 Å². The van der Waals surface area contributed by atoms with E-state index in [4.69, 9.17) is 10.5 Å². The Bertz CT molecular complexity index is 269. The lowest BCUT2D eigenvalue weighted by Gasteiger charge is -1.96. The fraction of sp³-hybridized carbons (Fsp3) is 0.429. The Morgan fingerprint density at radius 3 is 3.17 bits per heavy atom. The molecular formula is C7H10N2O3. The van der Waals surface area contributed by atoms with Gasteiger partial charge in [-0.3, -0.25) is 4.79 Å². The Hall–Kier alpha value is -1.36. The van der Waals surface area contributed by atoms with Crippen molar-refractivity contribution >= 4 is 5.91 Å². The summed E-state index contributed by atoms with van der Waals surface area (Å²) in [6.45, 7) is 2.74. The second-order valence-corrected chi connectivity index (χ2v) is 2.19. The van der Waals surface area contributed by atoms with Gasteiger partial charge in [-0.05, 0) is 6.92 Å². The molecule has 0 aliphatic carbocycles. The van der Waals surface area contributed by atoms with E-state index in [1.165, 1.54) is 6.26 Å². The standard InChI is InChI=1S/C7H10N2O3/c1-2-11-3-5-4-12-9-6(5)7(8)10/h4H,2-3H2,1H3,(H2,8,10). The number of amides is 1. The molecule has 0 unspecified atom stereocenters. The van der Waals surface area contributed by atoms with Crippen molar-refractivity contribution < 1.29 is 14.1 Å². The van der Waals surface area contributed by atoms with Crippen molar-refractivity contribution in [2.24, 2.45) is 5.73 Å². The molecule has 1 amide bonds. The van der Waals surface area contributed by atoms with Gasteiger partial charge in [0.15, 0.2) is 5.69 Å². The number of ether oxygens (including phenoxy) is 1. The second-order valence-electron chi connectivity index (χ2n) is 2.19. The molecule has 0 aliphatic rings. The minimum atomic E-state index is -0.599. The fourth-order valence-corrected chi connectivity index (χ4v) is 0.775. The Morgan fingerprint density at radius 1 is 1.83 bits per heavy atom. The summed E-state index contributed by atoms with van der Waals surface area (Å²) >= 11 is 0. The van der Waals surface area contributed by atoms with Crippen molar-refractivity contribution in [1.29, 1.82) is 0 Å². The average Bonchev–Trinajstić information content (AvgIpc) is 2.48. The van der Waals surface area contributed by atoms with Gasteiger partial charge in [0.2, 0.25) is 0 Å². The minimum absolute atomic E-state index is 0.142. The molecular weight excluding hydrogens is 160 g/mol. The van der Waals surface area contributed by atoms with Crippen LogP contribution in [0.5, 0.6) is 0 Å². The van der Waals surface area contributed by atoms with E-state index in [1.54, 1.807) is 0 Å². The summed E-state index contributed by atoms with van der Waals surface area (Å²) in [5.74, 6) is -0.599. The number of carbonyl (C=O) groups excluding carboxylic acids is 1. The molecule has 0 fully saturated rings. The zero-order chi connectivity index (χ0) is 8.97. The average molecular weight is 170 g/mol. The summed E-state index contributed by atoms with van der Waals surface area (Å²) in [6.07, 6.45) is 1.36. The molecule has 66 valence electrons. The Kier molecular flexibility index (Phi) is 2.82. The first-order valence-electron chi connectivity index (χ1n) is 3.56. The van der Waals surface area contributed by atoms with Gasteiger partial charge >= 0.3 is 0 Å². The summed E-state index contributed by atoms with van der Waals surface area (Å²) in [4.78, 5) is 10.7. The van der Waals surface area contributed by atoms with E-state index in [9.17, 15) is 4.79 Å².